The molecule has 1 heterocycles. The summed E-state index contributed by atoms with van der Waals surface area (Å²) in [7, 11) is 0. The average Bonchev–Trinajstić information content (AvgIpc) is 3.31. The van der Waals surface area contributed by atoms with Crippen LogP contribution < -0.4 is 27.4 Å². The molecule has 0 aliphatic carbocycles. The Balaban J connectivity index is 2.85. The lowest BCUT2D eigenvalue weighted by Crippen LogP contribution is -2.58. The number of H-pyrrole nitrogens is 1. The van der Waals surface area contributed by atoms with Crippen LogP contribution in [-0.2, 0) is 25.6 Å². The Bertz CT molecular complexity index is 806. The third kappa shape index (κ3) is 11.1. The highest BCUT2D eigenvalue weighted by Crippen LogP contribution is 2.08. The number of hydrogen-bond donors (Lipinski definition) is 7. The first-order valence-electron chi connectivity index (χ1n) is 11.7. The number of amides is 3. The molecule has 1 aromatic heterocycles. The number of hydrogen-bond acceptors (Lipinski definition) is 8. The van der Waals surface area contributed by atoms with Gasteiger partial charge >= 0.3 is 5.97 Å². The number of nitrogens with zero attached hydrogens (tertiary/aromatic N) is 1. The van der Waals surface area contributed by atoms with E-state index in [0.29, 0.717) is 37.3 Å². The maximum absolute atomic E-state index is 13.1. The van der Waals surface area contributed by atoms with Crippen molar-refractivity contribution in [3.8, 4) is 0 Å². The van der Waals surface area contributed by atoms with Crippen LogP contribution in [0.15, 0.2) is 12.5 Å². The van der Waals surface area contributed by atoms with Crippen LogP contribution in [0, 0.1) is 5.92 Å². The van der Waals surface area contributed by atoms with Crippen LogP contribution >= 0.6 is 11.8 Å². The molecule has 0 aliphatic heterocycles. The Morgan fingerprint density at radius 3 is 2.29 bits per heavy atom. The molecule has 0 bridgehead atoms. The number of unbranched alkanes of at least 4 members (excludes halogenated alkanes) is 1. The van der Waals surface area contributed by atoms with E-state index in [0.717, 1.165) is 0 Å². The fourth-order valence-corrected chi connectivity index (χ4v) is 3.78. The largest absolute Gasteiger partial charge is 0.480 e. The number of aromatic nitrogens is 2. The van der Waals surface area contributed by atoms with Gasteiger partial charge in [-0.15, -0.1) is 0 Å². The Hall–Kier alpha value is -2.64. The van der Waals surface area contributed by atoms with Crippen molar-refractivity contribution in [1.82, 2.24) is 25.9 Å². The molecule has 35 heavy (non-hydrogen) atoms. The van der Waals surface area contributed by atoms with Crippen molar-refractivity contribution in [3.63, 3.8) is 0 Å². The number of carboxylic acid groups (broad SMARTS) is 1. The smallest absolute Gasteiger partial charge is 0.326 e. The van der Waals surface area contributed by atoms with Gasteiger partial charge in [-0.2, -0.15) is 11.8 Å². The molecule has 0 aliphatic rings. The lowest BCUT2D eigenvalue weighted by molar-refractivity contribution is -0.142. The number of nitrogens with one attached hydrogen (secondary N) is 4. The van der Waals surface area contributed by atoms with E-state index in [1.165, 1.54) is 18.1 Å². The standard InChI is InChI=1S/C22H39N7O5S/c1-13(2)18(29-19(30)15(24)10-14-11-25-12-26-14)21(32)27-16(7-9-35-3)20(31)28-17(22(33)34)6-4-5-8-23/h11-13,15-18H,4-10,23-24H2,1-3H3,(H,25,26)(H,27,32)(H,28,31)(H,29,30)(H,33,34). The zero-order valence-electron chi connectivity index (χ0n) is 20.6. The van der Waals surface area contributed by atoms with Crippen LogP contribution in [0.1, 0.15) is 45.2 Å². The van der Waals surface area contributed by atoms with Crippen molar-refractivity contribution >= 4 is 35.5 Å². The summed E-state index contributed by atoms with van der Waals surface area (Å²) in [5.41, 5.74) is 12.1. The fourth-order valence-electron chi connectivity index (χ4n) is 3.31. The lowest BCUT2D eigenvalue weighted by Gasteiger charge is -2.27. The van der Waals surface area contributed by atoms with Crippen LogP contribution in [-0.4, -0.2) is 81.5 Å². The van der Waals surface area contributed by atoms with Gasteiger partial charge < -0.3 is 37.5 Å². The number of carbonyl (C=O) groups excluding carboxylic acids is 3. The fraction of sp³-hybridized carbons (Fsp3) is 0.682. The first kappa shape index (κ1) is 30.4. The number of carbonyl (C=O) groups is 4. The summed E-state index contributed by atoms with van der Waals surface area (Å²) in [4.78, 5) is 56.9. The van der Waals surface area contributed by atoms with Crippen molar-refractivity contribution in [1.29, 1.82) is 0 Å². The molecule has 13 heteroatoms. The Morgan fingerprint density at radius 2 is 1.74 bits per heavy atom. The highest BCUT2D eigenvalue weighted by molar-refractivity contribution is 7.98. The monoisotopic (exact) mass is 513 g/mol. The van der Waals surface area contributed by atoms with E-state index in [-0.39, 0.29) is 18.8 Å². The molecule has 3 amide bonds. The highest BCUT2D eigenvalue weighted by atomic mass is 32.2. The van der Waals surface area contributed by atoms with E-state index >= 15 is 0 Å². The van der Waals surface area contributed by atoms with E-state index in [2.05, 4.69) is 25.9 Å². The van der Waals surface area contributed by atoms with Crippen LogP contribution in [0.3, 0.4) is 0 Å². The summed E-state index contributed by atoms with van der Waals surface area (Å²) in [6.07, 6.45) is 6.86. The molecule has 4 unspecified atom stereocenters. The summed E-state index contributed by atoms with van der Waals surface area (Å²) in [6, 6.07) is -3.86. The minimum atomic E-state index is -1.15. The summed E-state index contributed by atoms with van der Waals surface area (Å²) in [6.45, 7) is 3.96. The van der Waals surface area contributed by atoms with Crippen molar-refractivity contribution in [2.24, 2.45) is 17.4 Å². The maximum Gasteiger partial charge on any atom is 0.326 e. The molecule has 0 radical (unpaired) electrons. The zero-order chi connectivity index (χ0) is 26.4. The molecule has 12 nitrogen and oxygen atoms in total. The second kappa shape index (κ2) is 16.1. The molecule has 9 N–H and O–H groups in total. The Kier molecular flexibility index (Phi) is 14.0. The topological polar surface area (TPSA) is 205 Å². The lowest BCUT2D eigenvalue weighted by atomic mass is 10.0. The van der Waals surface area contributed by atoms with Crippen LogP contribution in [0.2, 0.25) is 0 Å². The van der Waals surface area contributed by atoms with Crippen molar-refractivity contribution in [2.45, 2.75) is 70.1 Å². The van der Waals surface area contributed by atoms with E-state index in [4.69, 9.17) is 11.5 Å². The SMILES string of the molecule is CSCCC(NC(=O)C(NC(=O)C(N)Cc1cnc[nH]1)C(C)C)C(=O)NC(CCCCN)C(=O)O. The number of nitrogens with two attached hydrogens (primary N) is 2. The first-order valence-corrected chi connectivity index (χ1v) is 13.1. The van der Waals surface area contributed by atoms with E-state index in [1.807, 2.05) is 6.26 Å². The minimum Gasteiger partial charge on any atom is -0.480 e. The van der Waals surface area contributed by atoms with Gasteiger partial charge in [0, 0.05) is 18.3 Å². The van der Waals surface area contributed by atoms with Crippen molar-refractivity contribution < 1.29 is 24.3 Å². The molecule has 0 spiro atoms. The van der Waals surface area contributed by atoms with Crippen molar-refractivity contribution in [2.75, 3.05) is 18.6 Å². The zero-order valence-corrected chi connectivity index (χ0v) is 21.4. The average molecular weight is 514 g/mol. The molecule has 0 aromatic carbocycles. The van der Waals surface area contributed by atoms with Crippen LogP contribution in [0.4, 0.5) is 0 Å². The molecule has 0 saturated heterocycles. The number of carboxylic acids is 1. The number of imidazole rings is 1. The van der Waals surface area contributed by atoms with Gasteiger partial charge in [0.2, 0.25) is 17.7 Å². The Labute approximate surface area is 210 Å². The normalized spacial score (nSPS) is 14.6. The van der Waals surface area contributed by atoms with Gasteiger partial charge in [-0.25, -0.2) is 9.78 Å². The third-order valence-corrected chi connectivity index (χ3v) is 6.03. The van der Waals surface area contributed by atoms with Gasteiger partial charge in [0.1, 0.15) is 18.1 Å². The van der Waals surface area contributed by atoms with Gasteiger partial charge in [-0.3, -0.25) is 14.4 Å². The molecule has 4 atom stereocenters. The summed E-state index contributed by atoms with van der Waals surface area (Å²) in [5.74, 6) is -2.51. The van der Waals surface area contributed by atoms with E-state index < -0.39 is 47.9 Å². The first-order chi connectivity index (χ1) is 16.6. The molecule has 0 fully saturated rings. The van der Waals surface area contributed by atoms with E-state index in [9.17, 15) is 24.3 Å². The molecule has 1 rings (SSSR count). The predicted octanol–water partition coefficient (Wildman–Crippen LogP) is -0.643. The van der Waals surface area contributed by atoms with Gasteiger partial charge in [-0.05, 0) is 50.2 Å². The van der Waals surface area contributed by atoms with Gasteiger partial charge in [0.05, 0.1) is 12.4 Å². The second-order valence-electron chi connectivity index (χ2n) is 8.64. The quantitative estimate of drug-likeness (QED) is 0.132. The maximum atomic E-state index is 13.1. The highest BCUT2D eigenvalue weighted by Gasteiger charge is 2.31. The Morgan fingerprint density at radius 1 is 1.06 bits per heavy atom. The molecular weight excluding hydrogens is 474 g/mol. The number of aliphatic carboxylic acids is 1. The molecule has 1 aromatic rings. The number of thioether (sulfide) groups is 1. The van der Waals surface area contributed by atoms with Crippen LogP contribution in [0.25, 0.3) is 0 Å². The summed E-state index contributed by atoms with van der Waals surface area (Å²) in [5, 5.41) is 17.3. The van der Waals surface area contributed by atoms with Gasteiger partial charge in [0.15, 0.2) is 0 Å². The van der Waals surface area contributed by atoms with Crippen LogP contribution in [0.5, 0.6) is 0 Å². The van der Waals surface area contributed by atoms with Crippen molar-refractivity contribution in [3.05, 3.63) is 18.2 Å². The minimum absolute atomic E-state index is 0.220. The third-order valence-electron chi connectivity index (χ3n) is 5.38. The number of rotatable bonds is 17. The van der Waals surface area contributed by atoms with Gasteiger partial charge in [0.25, 0.3) is 0 Å². The number of aromatic amines is 1. The van der Waals surface area contributed by atoms with Gasteiger partial charge in [-0.1, -0.05) is 13.8 Å². The summed E-state index contributed by atoms with van der Waals surface area (Å²) >= 11 is 1.49. The molecular formula is C22H39N7O5S. The second-order valence-corrected chi connectivity index (χ2v) is 9.63. The predicted molar refractivity (Wildman–Crippen MR) is 134 cm³/mol. The summed E-state index contributed by atoms with van der Waals surface area (Å²) < 4.78 is 0. The van der Waals surface area contributed by atoms with E-state index in [1.54, 1.807) is 20.0 Å². The molecule has 198 valence electrons. The molecule has 0 saturated carbocycles.